The average Bonchev–Trinajstić information content (AvgIpc) is 2.75. The van der Waals surface area contributed by atoms with Gasteiger partial charge in [0, 0.05) is 37.8 Å². The van der Waals surface area contributed by atoms with Crippen molar-refractivity contribution in [3.63, 3.8) is 0 Å². The van der Waals surface area contributed by atoms with Crippen molar-refractivity contribution in [2.24, 2.45) is 0 Å². The predicted octanol–water partition coefficient (Wildman–Crippen LogP) is 1.89. The van der Waals surface area contributed by atoms with Gasteiger partial charge in [0.2, 0.25) is 5.91 Å². The summed E-state index contributed by atoms with van der Waals surface area (Å²) < 4.78 is 10.4. The third kappa shape index (κ3) is 7.01. The molecule has 0 aromatic heterocycles. The molecule has 4 amide bonds. The van der Waals surface area contributed by atoms with Crippen LogP contribution in [0.15, 0.2) is 42.5 Å². The van der Waals surface area contributed by atoms with Gasteiger partial charge < -0.3 is 30.7 Å². The van der Waals surface area contributed by atoms with Crippen LogP contribution in [0.3, 0.4) is 0 Å². The number of rotatable bonds is 9. The molecule has 9 heteroatoms. The van der Waals surface area contributed by atoms with Crippen molar-refractivity contribution in [2.45, 2.75) is 13.5 Å². The SMILES string of the molecule is COc1ccc(CNC(=O)NCCNC(=O)c2ccc(NC(C)=O)cc2)cc1OC. The van der Waals surface area contributed by atoms with E-state index in [-0.39, 0.29) is 30.9 Å². The van der Waals surface area contributed by atoms with Crippen LogP contribution in [0.5, 0.6) is 11.5 Å². The molecule has 0 aliphatic heterocycles. The molecule has 0 aliphatic carbocycles. The fourth-order valence-corrected chi connectivity index (χ4v) is 2.60. The molecule has 0 bridgehead atoms. The van der Waals surface area contributed by atoms with Crippen LogP contribution >= 0.6 is 0 Å². The monoisotopic (exact) mass is 414 g/mol. The van der Waals surface area contributed by atoms with Crippen LogP contribution in [0.1, 0.15) is 22.8 Å². The number of benzene rings is 2. The maximum Gasteiger partial charge on any atom is 0.315 e. The van der Waals surface area contributed by atoms with Crippen molar-refractivity contribution in [3.05, 3.63) is 53.6 Å². The Bertz CT molecular complexity index is 883. The highest BCUT2D eigenvalue weighted by molar-refractivity contribution is 5.95. The van der Waals surface area contributed by atoms with E-state index in [1.54, 1.807) is 50.6 Å². The first-order valence-corrected chi connectivity index (χ1v) is 9.31. The Hall–Kier alpha value is -3.75. The molecular formula is C21H26N4O5. The summed E-state index contributed by atoms with van der Waals surface area (Å²) >= 11 is 0. The lowest BCUT2D eigenvalue weighted by atomic mass is 10.2. The zero-order valence-corrected chi connectivity index (χ0v) is 17.2. The molecule has 0 aliphatic rings. The molecular weight excluding hydrogens is 388 g/mol. The number of carbonyl (C=O) groups excluding carboxylic acids is 3. The van der Waals surface area contributed by atoms with E-state index in [0.717, 1.165) is 5.56 Å². The second-order valence-corrected chi connectivity index (χ2v) is 6.31. The van der Waals surface area contributed by atoms with Crippen molar-refractivity contribution in [1.82, 2.24) is 16.0 Å². The summed E-state index contributed by atoms with van der Waals surface area (Å²) in [4.78, 5) is 35.0. The lowest BCUT2D eigenvalue weighted by molar-refractivity contribution is -0.114. The van der Waals surface area contributed by atoms with Gasteiger partial charge in [0.15, 0.2) is 11.5 Å². The summed E-state index contributed by atoms with van der Waals surface area (Å²) in [5.41, 5.74) is 1.94. The number of hydrogen-bond acceptors (Lipinski definition) is 5. The lowest BCUT2D eigenvalue weighted by Crippen LogP contribution is -2.40. The van der Waals surface area contributed by atoms with Gasteiger partial charge in [0.25, 0.3) is 5.91 Å². The highest BCUT2D eigenvalue weighted by Crippen LogP contribution is 2.27. The number of methoxy groups -OCH3 is 2. The van der Waals surface area contributed by atoms with Gasteiger partial charge in [0.05, 0.1) is 14.2 Å². The van der Waals surface area contributed by atoms with E-state index < -0.39 is 0 Å². The quantitative estimate of drug-likeness (QED) is 0.468. The molecule has 0 saturated carbocycles. The van der Waals surface area contributed by atoms with Gasteiger partial charge >= 0.3 is 6.03 Å². The number of nitrogens with one attached hydrogen (secondary N) is 4. The molecule has 0 saturated heterocycles. The van der Waals surface area contributed by atoms with Gasteiger partial charge in [-0.25, -0.2) is 4.79 Å². The minimum atomic E-state index is -0.348. The molecule has 2 aromatic rings. The molecule has 4 N–H and O–H groups in total. The summed E-state index contributed by atoms with van der Waals surface area (Å²) in [7, 11) is 3.11. The lowest BCUT2D eigenvalue weighted by Gasteiger charge is -2.11. The molecule has 0 unspecified atom stereocenters. The zero-order valence-electron chi connectivity index (χ0n) is 17.2. The van der Waals surface area contributed by atoms with E-state index in [1.165, 1.54) is 6.92 Å². The molecule has 0 radical (unpaired) electrons. The second kappa shape index (κ2) is 11.3. The van der Waals surface area contributed by atoms with E-state index in [4.69, 9.17) is 9.47 Å². The Labute approximate surface area is 175 Å². The normalized spacial score (nSPS) is 9.97. The molecule has 0 atom stereocenters. The Morgan fingerprint density at radius 2 is 1.50 bits per heavy atom. The fourth-order valence-electron chi connectivity index (χ4n) is 2.60. The largest absolute Gasteiger partial charge is 0.493 e. The minimum Gasteiger partial charge on any atom is -0.493 e. The topological polar surface area (TPSA) is 118 Å². The summed E-state index contributed by atoms with van der Waals surface area (Å²) in [6.45, 7) is 2.28. The highest BCUT2D eigenvalue weighted by Gasteiger charge is 2.07. The highest BCUT2D eigenvalue weighted by atomic mass is 16.5. The van der Waals surface area contributed by atoms with Crippen molar-refractivity contribution in [3.8, 4) is 11.5 Å². The van der Waals surface area contributed by atoms with E-state index in [0.29, 0.717) is 29.3 Å². The standard InChI is InChI=1S/C21H26N4O5/c1-14(26)25-17-7-5-16(6-8-17)20(27)22-10-11-23-21(28)24-13-15-4-9-18(29-2)19(12-15)30-3/h4-9,12H,10-11,13H2,1-3H3,(H,22,27)(H,25,26)(H2,23,24,28). The molecule has 0 heterocycles. The summed E-state index contributed by atoms with van der Waals surface area (Å²) in [5.74, 6) is 0.760. The molecule has 0 spiro atoms. The predicted molar refractivity (Wildman–Crippen MR) is 113 cm³/mol. The van der Waals surface area contributed by atoms with Gasteiger partial charge in [-0.2, -0.15) is 0 Å². The maximum atomic E-state index is 12.1. The van der Waals surface area contributed by atoms with E-state index in [1.807, 2.05) is 6.07 Å². The zero-order chi connectivity index (χ0) is 21.9. The fraction of sp³-hybridized carbons (Fsp3) is 0.286. The third-order valence-electron chi connectivity index (χ3n) is 4.06. The van der Waals surface area contributed by atoms with Crippen LogP contribution in [0.2, 0.25) is 0 Å². The van der Waals surface area contributed by atoms with Gasteiger partial charge in [-0.3, -0.25) is 9.59 Å². The van der Waals surface area contributed by atoms with Crippen LogP contribution in [-0.4, -0.2) is 45.2 Å². The van der Waals surface area contributed by atoms with Crippen LogP contribution in [0.25, 0.3) is 0 Å². The van der Waals surface area contributed by atoms with Gasteiger partial charge in [-0.1, -0.05) is 6.07 Å². The third-order valence-corrected chi connectivity index (χ3v) is 4.06. The Morgan fingerprint density at radius 1 is 0.833 bits per heavy atom. The molecule has 0 fully saturated rings. The van der Waals surface area contributed by atoms with Crippen LogP contribution in [-0.2, 0) is 11.3 Å². The number of ether oxygens (including phenoxy) is 2. The van der Waals surface area contributed by atoms with Crippen molar-refractivity contribution < 1.29 is 23.9 Å². The van der Waals surface area contributed by atoms with E-state index in [9.17, 15) is 14.4 Å². The van der Waals surface area contributed by atoms with E-state index >= 15 is 0 Å². The maximum absolute atomic E-state index is 12.1. The van der Waals surface area contributed by atoms with Gasteiger partial charge in [-0.15, -0.1) is 0 Å². The van der Waals surface area contributed by atoms with Crippen molar-refractivity contribution in [2.75, 3.05) is 32.6 Å². The number of anilines is 1. The first kappa shape index (κ1) is 22.5. The Morgan fingerprint density at radius 3 is 2.13 bits per heavy atom. The molecule has 2 aromatic carbocycles. The number of urea groups is 1. The first-order valence-electron chi connectivity index (χ1n) is 9.31. The van der Waals surface area contributed by atoms with Crippen LogP contribution in [0.4, 0.5) is 10.5 Å². The number of hydrogen-bond donors (Lipinski definition) is 4. The van der Waals surface area contributed by atoms with Gasteiger partial charge in [-0.05, 0) is 42.0 Å². The van der Waals surface area contributed by atoms with Crippen molar-refractivity contribution >= 4 is 23.5 Å². The summed E-state index contributed by atoms with van der Waals surface area (Å²) in [6, 6.07) is 11.6. The minimum absolute atomic E-state index is 0.178. The number of carbonyl (C=O) groups is 3. The number of amides is 4. The summed E-state index contributed by atoms with van der Waals surface area (Å²) in [5, 5.41) is 10.8. The van der Waals surface area contributed by atoms with Crippen LogP contribution < -0.4 is 30.7 Å². The summed E-state index contributed by atoms with van der Waals surface area (Å²) in [6.07, 6.45) is 0. The van der Waals surface area contributed by atoms with Gasteiger partial charge in [0.1, 0.15) is 0 Å². The Balaban J connectivity index is 1.69. The van der Waals surface area contributed by atoms with Crippen LogP contribution in [0, 0.1) is 0 Å². The smallest absolute Gasteiger partial charge is 0.315 e. The van der Waals surface area contributed by atoms with Crippen molar-refractivity contribution in [1.29, 1.82) is 0 Å². The molecule has 2 rings (SSSR count). The molecule has 30 heavy (non-hydrogen) atoms. The second-order valence-electron chi connectivity index (χ2n) is 6.31. The molecule has 160 valence electrons. The first-order chi connectivity index (χ1) is 14.4. The Kier molecular flexibility index (Phi) is 8.49. The van der Waals surface area contributed by atoms with E-state index in [2.05, 4.69) is 21.3 Å². The average molecular weight is 414 g/mol. The molecule has 9 nitrogen and oxygen atoms in total.